The van der Waals surface area contributed by atoms with E-state index in [-0.39, 0.29) is 11.6 Å². The number of aryl methyl sites for hydroxylation is 1. The predicted molar refractivity (Wildman–Crippen MR) is 100.0 cm³/mol. The van der Waals surface area contributed by atoms with Gasteiger partial charge in [0.05, 0.1) is 11.1 Å². The first kappa shape index (κ1) is 18.4. The third kappa shape index (κ3) is 3.35. The lowest BCUT2D eigenvalue weighted by Crippen LogP contribution is -2.69. The molecule has 0 bridgehead atoms. The molecule has 2 atom stereocenters. The van der Waals surface area contributed by atoms with Crippen molar-refractivity contribution in [2.45, 2.75) is 50.4 Å². The Bertz CT molecular complexity index is 800. The number of carbonyl (C=O) groups excluding carboxylic acids is 1. The summed E-state index contributed by atoms with van der Waals surface area (Å²) < 4.78 is 11.2. The Morgan fingerprint density at radius 2 is 2.19 bits per heavy atom. The van der Waals surface area contributed by atoms with Gasteiger partial charge in [-0.25, -0.2) is 9.97 Å². The number of amides is 1. The highest BCUT2D eigenvalue weighted by Gasteiger charge is 2.54. The van der Waals surface area contributed by atoms with Gasteiger partial charge < -0.3 is 24.5 Å². The molecule has 0 unspecified atom stereocenters. The average Bonchev–Trinajstić information content (AvgIpc) is 3.32. The van der Waals surface area contributed by atoms with Crippen molar-refractivity contribution >= 4 is 22.4 Å². The molecule has 2 aromatic rings. The van der Waals surface area contributed by atoms with E-state index in [0.717, 1.165) is 18.2 Å². The summed E-state index contributed by atoms with van der Waals surface area (Å²) in [6.45, 7) is 5.57. The van der Waals surface area contributed by atoms with E-state index in [1.54, 1.807) is 24.5 Å². The summed E-state index contributed by atoms with van der Waals surface area (Å²) in [5, 5.41) is 17.1. The molecule has 0 radical (unpaired) electrons. The van der Waals surface area contributed by atoms with Crippen LogP contribution >= 0.6 is 11.3 Å². The number of aliphatic hydroxyl groups excluding tert-OH is 1. The molecule has 0 saturated carbocycles. The van der Waals surface area contributed by atoms with E-state index < -0.39 is 17.2 Å². The molecule has 1 spiro atoms. The number of hydrogen-bond acceptors (Lipinski definition) is 8. The Labute approximate surface area is 161 Å². The van der Waals surface area contributed by atoms with Gasteiger partial charge in [0, 0.05) is 38.2 Å². The highest BCUT2D eigenvalue weighted by atomic mass is 32.1. The molecule has 0 aliphatic carbocycles. The van der Waals surface area contributed by atoms with Gasteiger partial charge in [-0.3, -0.25) is 4.79 Å². The number of carbonyl (C=O) groups is 1. The van der Waals surface area contributed by atoms with Crippen LogP contribution in [0.1, 0.15) is 42.6 Å². The number of hydrogen-bond donors (Lipinski definition) is 2. The monoisotopic (exact) mass is 392 g/mol. The van der Waals surface area contributed by atoms with Crippen molar-refractivity contribution < 1.29 is 19.1 Å². The molecule has 2 saturated heterocycles. The van der Waals surface area contributed by atoms with Gasteiger partial charge in [0.2, 0.25) is 0 Å². The van der Waals surface area contributed by atoms with Crippen LogP contribution < -0.4 is 10.2 Å². The molecule has 2 aliphatic heterocycles. The summed E-state index contributed by atoms with van der Waals surface area (Å²) in [5.41, 5.74) is -1.22. The zero-order valence-corrected chi connectivity index (χ0v) is 16.3. The van der Waals surface area contributed by atoms with Crippen molar-refractivity contribution in [3.8, 4) is 0 Å². The van der Waals surface area contributed by atoms with Crippen LogP contribution in [0, 0.1) is 6.92 Å². The van der Waals surface area contributed by atoms with Crippen LogP contribution in [0.4, 0.5) is 5.13 Å². The first-order valence-electron chi connectivity index (χ1n) is 9.13. The zero-order valence-electron chi connectivity index (χ0n) is 15.5. The third-order valence-electron chi connectivity index (χ3n) is 5.66. The molecule has 8 nitrogen and oxygen atoms in total. The van der Waals surface area contributed by atoms with Gasteiger partial charge >= 0.3 is 0 Å². The summed E-state index contributed by atoms with van der Waals surface area (Å²) >= 11 is 1.61. The van der Waals surface area contributed by atoms with Crippen LogP contribution in [-0.2, 0) is 4.74 Å². The lowest BCUT2D eigenvalue weighted by Gasteiger charge is -2.53. The smallest absolute Gasteiger partial charge is 0.273 e. The van der Waals surface area contributed by atoms with Crippen molar-refractivity contribution in [3.63, 3.8) is 0 Å². The van der Waals surface area contributed by atoms with E-state index in [4.69, 9.17) is 9.15 Å². The summed E-state index contributed by atoms with van der Waals surface area (Å²) in [6.07, 6.45) is 4.23. The summed E-state index contributed by atoms with van der Waals surface area (Å²) in [5.74, 6) is 0.0922. The highest BCUT2D eigenvalue weighted by molar-refractivity contribution is 7.13. The van der Waals surface area contributed by atoms with Gasteiger partial charge in [-0.05, 0) is 26.2 Å². The maximum atomic E-state index is 12.6. The second-order valence-corrected chi connectivity index (χ2v) is 8.36. The van der Waals surface area contributed by atoms with Crippen molar-refractivity contribution in [2.24, 2.45) is 0 Å². The Balaban J connectivity index is 1.47. The fourth-order valence-electron chi connectivity index (χ4n) is 4.05. The lowest BCUT2D eigenvalue weighted by atomic mass is 9.73. The van der Waals surface area contributed by atoms with Gasteiger partial charge in [-0.2, -0.15) is 0 Å². The van der Waals surface area contributed by atoms with Crippen LogP contribution in [0.15, 0.2) is 22.3 Å². The number of nitrogens with zero attached hydrogens (tertiary/aromatic N) is 3. The average molecular weight is 392 g/mol. The number of aromatic nitrogens is 2. The van der Waals surface area contributed by atoms with Gasteiger partial charge in [0.15, 0.2) is 16.7 Å². The molecule has 2 N–H and O–H groups in total. The van der Waals surface area contributed by atoms with Crippen LogP contribution in [0.2, 0.25) is 0 Å². The summed E-state index contributed by atoms with van der Waals surface area (Å²) in [6, 6.07) is 0. The zero-order chi connectivity index (χ0) is 19.1. The highest BCUT2D eigenvalue weighted by Crippen LogP contribution is 2.41. The molecule has 2 fully saturated rings. The van der Waals surface area contributed by atoms with E-state index in [0.29, 0.717) is 31.8 Å². The van der Waals surface area contributed by atoms with Crippen molar-refractivity contribution in [3.05, 3.63) is 29.4 Å². The van der Waals surface area contributed by atoms with Crippen molar-refractivity contribution in [1.82, 2.24) is 15.3 Å². The predicted octanol–water partition coefficient (Wildman–Crippen LogP) is 1.75. The number of ether oxygens (including phenoxy) is 1. The quantitative estimate of drug-likeness (QED) is 0.821. The van der Waals surface area contributed by atoms with E-state index in [1.807, 2.05) is 12.3 Å². The number of aliphatic hydroxyl groups is 1. The molecular formula is C18H24N4O4S. The number of rotatable bonds is 3. The van der Waals surface area contributed by atoms with Crippen molar-refractivity contribution in [2.75, 3.05) is 24.6 Å². The molecule has 4 rings (SSSR count). The van der Waals surface area contributed by atoms with Gasteiger partial charge in [-0.15, -0.1) is 11.3 Å². The number of piperidine rings is 1. The Kier molecular flexibility index (Phi) is 4.69. The molecule has 1 amide bonds. The first-order chi connectivity index (χ1) is 12.9. The second kappa shape index (κ2) is 6.88. The van der Waals surface area contributed by atoms with Crippen molar-refractivity contribution in [1.29, 1.82) is 0 Å². The minimum Gasteiger partial charge on any atom is -0.448 e. The number of oxazole rings is 1. The molecular weight excluding hydrogens is 368 g/mol. The van der Waals surface area contributed by atoms with Crippen LogP contribution in [-0.4, -0.2) is 57.9 Å². The van der Waals surface area contributed by atoms with Crippen LogP contribution in [0.3, 0.4) is 0 Å². The Morgan fingerprint density at radius 1 is 1.41 bits per heavy atom. The molecule has 2 aliphatic rings. The number of nitrogens with one attached hydrogen (secondary N) is 1. The molecule has 0 aromatic carbocycles. The summed E-state index contributed by atoms with van der Waals surface area (Å²) in [4.78, 5) is 23.2. The Hall–Kier alpha value is -1.97. The van der Waals surface area contributed by atoms with Gasteiger partial charge in [0.1, 0.15) is 12.4 Å². The van der Waals surface area contributed by atoms with Crippen LogP contribution in [0.25, 0.3) is 0 Å². The van der Waals surface area contributed by atoms with Gasteiger partial charge in [0.25, 0.3) is 5.91 Å². The summed E-state index contributed by atoms with van der Waals surface area (Å²) in [7, 11) is 0. The standard InChI is InChI=1S/C18H24N4O4S/c1-12-20-13(11-25-12)14(23)21-17(2)5-9-26-18(15(17)24)3-7-22(8-4-18)16-19-6-10-27-16/h6,10-11,15,24H,3-5,7-9H2,1-2H3,(H,21,23)/t15-,17+/m1/s1. The molecule has 146 valence electrons. The maximum Gasteiger partial charge on any atom is 0.273 e. The van der Waals surface area contributed by atoms with E-state index in [1.165, 1.54) is 6.26 Å². The molecule has 2 aromatic heterocycles. The Morgan fingerprint density at radius 3 is 2.81 bits per heavy atom. The van der Waals surface area contributed by atoms with E-state index >= 15 is 0 Å². The maximum absolute atomic E-state index is 12.6. The largest absolute Gasteiger partial charge is 0.448 e. The van der Waals surface area contributed by atoms with Crippen LogP contribution in [0.5, 0.6) is 0 Å². The normalized spacial score (nSPS) is 27.7. The van der Waals surface area contributed by atoms with E-state index in [9.17, 15) is 9.90 Å². The molecule has 27 heavy (non-hydrogen) atoms. The molecule has 4 heterocycles. The second-order valence-electron chi connectivity index (χ2n) is 7.49. The third-order valence-corrected chi connectivity index (χ3v) is 6.50. The number of anilines is 1. The fraction of sp³-hybridized carbons (Fsp3) is 0.611. The minimum atomic E-state index is -0.811. The lowest BCUT2D eigenvalue weighted by molar-refractivity contribution is -0.195. The first-order valence-corrected chi connectivity index (χ1v) is 10.0. The topological polar surface area (TPSA) is 101 Å². The van der Waals surface area contributed by atoms with E-state index in [2.05, 4.69) is 20.2 Å². The van der Waals surface area contributed by atoms with Gasteiger partial charge in [-0.1, -0.05) is 0 Å². The minimum absolute atomic E-state index is 0.222. The SMILES string of the molecule is Cc1nc(C(=O)N[C@@]2(C)CCOC3(CCN(c4nccs4)CC3)[C@@H]2O)co1. The fourth-order valence-corrected chi connectivity index (χ4v) is 4.75. The number of thiazole rings is 1. The molecule has 9 heteroatoms.